The molecule has 1 aromatic heterocycles. The van der Waals surface area contributed by atoms with Crippen LogP contribution in [0.3, 0.4) is 0 Å². The van der Waals surface area contributed by atoms with Gasteiger partial charge in [-0.05, 0) is 24.5 Å². The van der Waals surface area contributed by atoms with Crippen molar-refractivity contribution >= 4 is 0 Å². The Morgan fingerprint density at radius 2 is 1.94 bits per heavy atom. The van der Waals surface area contributed by atoms with Gasteiger partial charge in [0.25, 0.3) is 0 Å². The molecule has 3 nitrogen and oxygen atoms in total. The van der Waals surface area contributed by atoms with Gasteiger partial charge in [0.05, 0.1) is 18.3 Å². The third kappa shape index (κ3) is 2.24. The summed E-state index contributed by atoms with van der Waals surface area (Å²) in [5, 5.41) is 13.9. The molecule has 0 spiro atoms. The van der Waals surface area contributed by atoms with Gasteiger partial charge in [0.1, 0.15) is 0 Å². The molecule has 0 amide bonds. The summed E-state index contributed by atoms with van der Waals surface area (Å²) >= 11 is 0. The van der Waals surface area contributed by atoms with E-state index >= 15 is 0 Å². The fourth-order valence-electron chi connectivity index (χ4n) is 2.28. The Kier molecular flexibility index (Phi) is 2.69. The molecule has 0 atom stereocenters. The second-order valence-electron chi connectivity index (χ2n) is 4.75. The first-order valence-corrected chi connectivity index (χ1v) is 6.06. The van der Waals surface area contributed by atoms with Crippen LogP contribution in [-0.2, 0) is 6.54 Å². The van der Waals surface area contributed by atoms with E-state index in [1.807, 2.05) is 29.1 Å². The van der Waals surface area contributed by atoms with Crippen LogP contribution in [0.25, 0.3) is 0 Å². The lowest BCUT2D eigenvalue weighted by atomic mass is 9.80. The molecule has 1 fully saturated rings. The molecule has 0 aliphatic heterocycles. The summed E-state index contributed by atoms with van der Waals surface area (Å²) < 4.78 is 1.97. The van der Waals surface area contributed by atoms with Crippen LogP contribution in [0.15, 0.2) is 42.6 Å². The van der Waals surface area contributed by atoms with Gasteiger partial charge < -0.3 is 5.11 Å². The Labute approximate surface area is 101 Å². The van der Waals surface area contributed by atoms with E-state index in [2.05, 4.69) is 23.3 Å². The average Bonchev–Trinajstić information content (AvgIpc) is 2.74. The molecule has 3 heteroatoms. The van der Waals surface area contributed by atoms with E-state index < -0.39 is 0 Å². The number of hydrogen-bond acceptors (Lipinski definition) is 2. The number of rotatable bonds is 3. The number of benzene rings is 1. The van der Waals surface area contributed by atoms with Crippen LogP contribution in [0.1, 0.15) is 30.0 Å². The van der Waals surface area contributed by atoms with Gasteiger partial charge in [-0.15, -0.1) is 0 Å². The Balaban J connectivity index is 1.69. The highest BCUT2D eigenvalue weighted by Crippen LogP contribution is 2.35. The van der Waals surface area contributed by atoms with Crippen molar-refractivity contribution in [2.24, 2.45) is 0 Å². The standard InChI is InChI=1S/C14H16N2O/c17-13-8-12(9-13)14-6-7-16(15-14)10-11-4-2-1-3-5-11/h1-7,12-13,17H,8-10H2. The Morgan fingerprint density at radius 1 is 1.18 bits per heavy atom. The third-order valence-electron chi connectivity index (χ3n) is 3.38. The van der Waals surface area contributed by atoms with Gasteiger partial charge in [0.2, 0.25) is 0 Å². The molecule has 1 aromatic carbocycles. The van der Waals surface area contributed by atoms with Crippen molar-refractivity contribution in [1.29, 1.82) is 0 Å². The van der Waals surface area contributed by atoms with Crippen LogP contribution in [-0.4, -0.2) is 21.0 Å². The maximum atomic E-state index is 9.29. The number of aliphatic hydroxyl groups is 1. The lowest BCUT2D eigenvalue weighted by molar-refractivity contribution is 0.0730. The topological polar surface area (TPSA) is 38.0 Å². The molecular weight excluding hydrogens is 212 g/mol. The fraction of sp³-hybridized carbons (Fsp3) is 0.357. The first-order valence-electron chi connectivity index (χ1n) is 6.06. The molecule has 1 aliphatic rings. The van der Waals surface area contributed by atoms with Crippen LogP contribution in [0.5, 0.6) is 0 Å². The minimum Gasteiger partial charge on any atom is -0.393 e. The van der Waals surface area contributed by atoms with Crippen molar-refractivity contribution < 1.29 is 5.11 Å². The second-order valence-corrected chi connectivity index (χ2v) is 4.75. The van der Waals surface area contributed by atoms with Crippen LogP contribution < -0.4 is 0 Å². The Hall–Kier alpha value is -1.61. The summed E-state index contributed by atoms with van der Waals surface area (Å²) in [5.74, 6) is 0.460. The summed E-state index contributed by atoms with van der Waals surface area (Å²) in [7, 11) is 0. The van der Waals surface area contributed by atoms with E-state index in [1.54, 1.807) is 0 Å². The van der Waals surface area contributed by atoms with Crippen molar-refractivity contribution in [3.8, 4) is 0 Å². The maximum absolute atomic E-state index is 9.29. The zero-order valence-electron chi connectivity index (χ0n) is 9.66. The van der Waals surface area contributed by atoms with Crippen LogP contribution in [0.4, 0.5) is 0 Å². The first-order chi connectivity index (χ1) is 8.31. The summed E-state index contributed by atoms with van der Waals surface area (Å²) in [5.41, 5.74) is 2.38. The predicted molar refractivity (Wildman–Crippen MR) is 65.8 cm³/mol. The van der Waals surface area contributed by atoms with Gasteiger partial charge in [0.15, 0.2) is 0 Å². The van der Waals surface area contributed by atoms with Crippen molar-refractivity contribution in [2.45, 2.75) is 31.4 Å². The number of aromatic nitrogens is 2. The van der Waals surface area contributed by atoms with Crippen molar-refractivity contribution in [3.63, 3.8) is 0 Å². The Morgan fingerprint density at radius 3 is 2.65 bits per heavy atom. The van der Waals surface area contributed by atoms with E-state index in [-0.39, 0.29) is 6.10 Å². The number of nitrogens with zero attached hydrogens (tertiary/aromatic N) is 2. The number of hydrogen-bond donors (Lipinski definition) is 1. The molecule has 1 aliphatic carbocycles. The summed E-state index contributed by atoms with van der Waals surface area (Å²) in [4.78, 5) is 0. The molecule has 1 saturated carbocycles. The van der Waals surface area contributed by atoms with Gasteiger partial charge in [-0.2, -0.15) is 5.10 Å². The molecule has 17 heavy (non-hydrogen) atoms. The largest absolute Gasteiger partial charge is 0.393 e. The monoisotopic (exact) mass is 228 g/mol. The van der Waals surface area contributed by atoms with Crippen LogP contribution in [0.2, 0.25) is 0 Å². The minimum atomic E-state index is -0.112. The van der Waals surface area contributed by atoms with Crippen molar-refractivity contribution in [3.05, 3.63) is 53.9 Å². The molecule has 2 aromatic rings. The van der Waals surface area contributed by atoms with Crippen LogP contribution in [0, 0.1) is 0 Å². The third-order valence-corrected chi connectivity index (χ3v) is 3.38. The second kappa shape index (κ2) is 4.34. The lowest BCUT2D eigenvalue weighted by Crippen LogP contribution is -2.26. The van der Waals surface area contributed by atoms with E-state index in [4.69, 9.17) is 0 Å². The first kappa shape index (κ1) is 10.5. The molecular formula is C14H16N2O. The normalized spacial score (nSPS) is 23.4. The summed E-state index contributed by atoms with van der Waals surface area (Å²) in [6.45, 7) is 0.816. The van der Waals surface area contributed by atoms with Gasteiger partial charge >= 0.3 is 0 Å². The minimum absolute atomic E-state index is 0.112. The molecule has 88 valence electrons. The zero-order valence-corrected chi connectivity index (χ0v) is 9.66. The summed E-state index contributed by atoms with van der Waals surface area (Å²) in [6, 6.07) is 12.4. The fourth-order valence-corrected chi connectivity index (χ4v) is 2.28. The summed E-state index contributed by atoms with van der Waals surface area (Å²) in [6.07, 6.45) is 3.64. The van der Waals surface area contributed by atoms with Crippen LogP contribution >= 0.6 is 0 Å². The molecule has 0 radical (unpaired) electrons. The van der Waals surface area contributed by atoms with Gasteiger partial charge in [0, 0.05) is 12.1 Å². The quantitative estimate of drug-likeness (QED) is 0.874. The molecule has 1 heterocycles. The van der Waals surface area contributed by atoms with E-state index in [9.17, 15) is 5.11 Å². The van der Waals surface area contributed by atoms with E-state index in [0.29, 0.717) is 5.92 Å². The molecule has 0 unspecified atom stereocenters. The highest BCUT2D eigenvalue weighted by atomic mass is 16.3. The smallest absolute Gasteiger partial charge is 0.0659 e. The lowest BCUT2D eigenvalue weighted by Gasteiger charge is -2.29. The zero-order chi connectivity index (χ0) is 11.7. The van der Waals surface area contributed by atoms with E-state index in [1.165, 1.54) is 5.56 Å². The SMILES string of the molecule is OC1CC(c2ccn(Cc3ccccc3)n2)C1. The Bertz CT molecular complexity index is 486. The average molecular weight is 228 g/mol. The van der Waals surface area contributed by atoms with Crippen molar-refractivity contribution in [1.82, 2.24) is 9.78 Å². The van der Waals surface area contributed by atoms with Gasteiger partial charge in [-0.1, -0.05) is 30.3 Å². The maximum Gasteiger partial charge on any atom is 0.0659 e. The molecule has 0 saturated heterocycles. The molecule has 0 bridgehead atoms. The molecule has 3 rings (SSSR count). The molecule has 1 N–H and O–H groups in total. The van der Waals surface area contributed by atoms with Crippen molar-refractivity contribution in [2.75, 3.05) is 0 Å². The highest BCUT2D eigenvalue weighted by Gasteiger charge is 2.30. The predicted octanol–water partition coefficient (Wildman–Crippen LogP) is 2.17. The van der Waals surface area contributed by atoms with Gasteiger partial charge in [-0.3, -0.25) is 4.68 Å². The number of aliphatic hydroxyl groups excluding tert-OH is 1. The highest BCUT2D eigenvalue weighted by molar-refractivity contribution is 5.16. The van der Waals surface area contributed by atoms with E-state index in [0.717, 1.165) is 25.1 Å². The van der Waals surface area contributed by atoms with Gasteiger partial charge in [-0.25, -0.2) is 0 Å².